The SMILES string of the molecule is C#Cc1c(F)ccc2cccc(-c3nc4c5c(nc(OC[C@@]67CCCN6[C@H](COC(=O)N6CC[C@H](CC8CCN(c9ccc%10c(C%11CCC(=O)NC%11=O)nn(C)c%10c9)CC8)[C@@H](F)C6)CC7)nc5c3F)N3CCCOC[C@@H]3CC4)c12. The third-order valence-electron chi connectivity index (χ3n) is 18.5. The van der Waals surface area contributed by atoms with Crippen molar-refractivity contribution in [3.05, 3.63) is 77.1 Å². The molecule has 3 aromatic carbocycles. The predicted octanol–water partition coefficient (Wildman–Crippen LogP) is 8.53. The number of pyridine rings is 1. The van der Waals surface area contributed by atoms with Crippen molar-refractivity contribution in [3.8, 4) is 29.6 Å². The van der Waals surface area contributed by atoms with E-state index >= 15 is 13.2 Å². The summed E-state index contributed by atoms with van der Waals surface area (Å²) in [7, 11) is 1.88. The average molecular weight is 1080 g/mol. The van der Waals surface area contributed by atoms with Crippen LogP contribution < -0.4 is 19.9 Å². The van der Waals surface area contributed by atoms with Crippen LogP contribution in [0.4, 0.5) is 29.5 Å². The number of hydrogen-bond donors (Lipinski definition) is 1. The number of carbonyl (C=O) groups is 3. The third kappa shape index (κ3) is 9.35. The molecule has 6 aromatic rings. The van der Waals surface area contributed by atoms with Gasteiger partial charge in [-0.15, -0.1) is 6.42 Å². The van der Waals surface area contributed by atoms with Crippen LogP contribution in [0.2, 0.25) is 0 Å². The zero-order chi connectivity index (χ0) is 54.1. The summed E-state index contributed by atoms with van der Waals surface area (Å²) in [6, 6.07) is 14.5. The van der Waals surface area contributed by atoms with Gasteiger partial charge in [0, 0.05) is 74.3 Å². The van der Waals surface area contributed by atoms with Gasteiger partial charge in [-0.25, -0.2) is 22.9 Å². The summed E-state index contributed by atoms with van der Waals surface area (Å²) in [6.07, 6.45) is 13.6. The van der Waals surface area contributed by atoms with Crippen molar-refractivity contribution in [2.75, 3.05) is 75.5 Å². The van der Waals surface area contributed by atoms with Crippen molar-refractivity contribution < 1.29 is 41.8 Å². The second-order valence-electron chi connectivity index (χ2n) is 23.0. The maximum absolute atomic E-state index is 17.5. The molecule has 16 nitrogen and oxygen atoms in total. The molecule has 0 bridgehead atoms. The highest BCUT2D eigenvalue weighted by Crippen LogP contribution is 2.45. The van der Waals surface area contributed by atoms with Gasteiger partial charge in [0.15, 0.2) is 5.82 Å². The Hall–Kier alpha value is -7.04. The number of aryl methyl sites for hydroxylation is 2. The van der Waals surface area contributed by atoms with Crippen LogP contribution in [0.1, 0.15) is 99.9 Å². The number of anilines is 2. The van der Waals surface area contributed by atoms with Crippen LogP contribution >= 0.6 is 0 Å². The second kappa shape index (κ2) is 20.9. The van der Waals surface area contributed by atoms with Crippen LogP contribution in [0.5, 0.6) is 6.01 Å². The zero-order valence-corrected chi connectivity index (χ0v) is 44.5. The highest BCUT2D eigenvalue weighted by atomic mass is 19.1. The standard InChI is InChI=1S/C60H65F3N10O6/c1-3-41-45(61)14-9-36-7-4-8-43(50(36)41)54-52(63)55-51-47(64-54)15-11-39-32-77-28-6-23-72(39)56(51)67-58(66-55)79-34-60-21-5-24-73(60)40(17-22-60)33-78-59(76)71-27-20-37(46(62)31-71)29-35-18-25-70(26-19-35)38-10-12-42-48(30-38)69(2)68-53(42)44-13-16-49(74)65-57(44)75/h1,4,7-10,12,14,30,35,37,39-40,44,46H,5-6,11,13,15-29,31-34H2,2H3,(H,65,74,75)/t37-,39+,40+,44?,46+,60+/m1/s1. The number of piperidine rings is 3. The van der Waals surface area contributed by atoms with Gasteiger partial charge in [-0.05, 0) is 125 Å². The minimum absolute atomic E-state index is 0.0189. The van der Waals surface area contributed by atoms with Gasteiger partial charge in [0.25, 0.3) is 0 Å². The minimum Gasteiger partial charge on any atom is -0.461 e. The number of imide groups is 1. The number of nitrogens with zero attached hydrogens (tertiary/aromatic N) is 9. The first-order valence-electron chi connectivity index (χ1n) is 28.4. The maximum Gasteiger partial charge on any atom is 0.409 e. The number of nitrogens with one attached hydrogen (secondary N) is 1. The molecule has 0 saturated carbocycles. The van der Waals surface area contributed by atoms with E-state index in [-0.39, 0.29) is 77.9 Å². The fraction of sp³-hybridized carbons (Fsp3) is 0.517. The molecular weight excluding hydrogens is 1010 g/mol. The molecule has 19 heteroatoms. The van der Waals surface area contributed by atoms with Gasteiger partial charge < -0.3 is 28.9 Å². The number of benzene rings is 3. The normalized spacial score (nSPS) is 25.8. The first-order chi connectivity index (χ1) is 38.4. The largest absolute Gasteiger partial charge is 0.461 e. The smallest absolute Gasteiger partial charge is 0.409 e. The summed E-state index contributed by atoms with van der Waals surface area (Å²) in [4.78, 5) is 61.4. The molecule has 412 valence electrons. The van der Waals surface area contributed by atoms with Crippen molar-refractivity contribution >= 4 is 62.0 Å². The third-order valence-corrected chi connectivity index (χ3v) is 18.5. The topological polar surface area (TPSA) is 160 Å². The number of amides is 3. The Labute approximate surface area is 456 Å². The van der Waals surface area contributed by atoms with Gasteiger partial charge in [-0.3, -0.25) is 24.5 Å². The van der Waals surface area contributed by atoms with Gasteiger partial charge in [0.05, 0.1) is 58.5 Å². The molecule has 6 atom stereocenters. The highest BCUT2D eigenvalue weighted by molar-refractivity contribution is 6.04. The number of alkyl halides is 1. The van der Waals surface area contributed by atoms with E-state index in [1.165, 1.54) is 11.0 Å². The van der Waals surface area contributed by atoms with E-state index in [1.54, 1.807) is 18.2 Å². The lowest BCUT2D eigenvalue weighted by Gasteiger charge is -2.39. The lowest BCUT2D eigenvalue weighted by molar-refractivity contribution is -0.134. The second-order valence-corrected chi connectivity index (χ2v) is 23.0. The summed E-state index contributed by atoms with van der Waals surface area (Å²) >= 11 is 0. The van der Waals surface area contributed by atoms with E-state index in [4.69, 9.17) is 40.7 Å². The number of aromatic nitrogens is 5. The minimum atomic E-state index is -1.14. The summed E-state index contributed by atoms with van der Waals surface area (Å²) in [5.74, 6) is 1.08. The Bertz CT molecular complexity index is 3450. The Morgan fingerprint density at radius 2 is 1.81 bits per heavy atom. The molecule has 7 aliphatic heterocycles. The molecule has 10 heterocycles. The van der Waals surface area contributed by atoms with Crippen LogP contribution in [0, 0.1) is 35.8 Å². The molecule has 79 heavy (non-hydrogen) atoms. The van der Waals surface area contributed by atoms with Crippen molar-refractivity contribution in [3.63, 3.8) is 0 Å². The van der Waals surface area contributed by atoms with Crippen molar-refractivity contribution in [1.82, 2.24) is 39.8 Å². The van der Waals surface area contributed by atoms with E-state index < -0.39 is 29.8 Å². The number of likely N-dealkylation sites (tertiary alicyclic amines) is 1. The number of hydrogen-bond acceptors (Lipinski definition) is 13. The quantitative estimate of drug-likeness (QED) is 0.103. The molecule has 0 aliphatic carbocycles. The van der Waals surface area contributed by atoms with Gasteiger partial charge in [-0.2, -0.15) is 15.1 Å². The van der Waals surface area contributed by atoms with Gasteiger partial charge >= 0.3 is 12.1 Å². The summed E-state index contributed by atoms with van der Waals surface area (Å²) in [5, 5.41) is 9.68. The summed E-state index contributed by atoms with van der Waals surface area (Å²) < 4.78 is 69.1. The van der Waals surface area contributed by atoms with Crippen molar-refractivity contribution in [2.45, 2.75) is 113 Å². The van der Waals surface area contributed by atoms with Gasteiger partial charge in [0.2, 0.25) is 11.8 Å². The summed E-state index contributed by atoms with van der Waals surface area (Å²) in [5.41, 5.74) is 3.54. The molecule has 3 amide bonds. The monoisotopic (exact) mass is 1080 g/mol. The Balaban J connectivity index is 0.641. The van der Waals surface area contributed by atoms with Crippen molar-refractivity contribution in [2.24, 2.45) is 18.9 Å². The van der Waals surface area contributed by atoms with Crippen molar-refractivity contribution in [1.29, 1.82) is 0 Å². The fourth-order valence-corrected chi connectivity index (χ4v) is 14.3. The van der Waals surface area contributed by atoms with E-state index in [1.807, 2.05) is 23.9 Å². The lowest BCUT2D eigenvalue weighted by atomic mass is 9.82. The van der Waals surface area contributed by atoms with Crippen LogP contribution in [0.15, 0.2) is 48.5 Å². The fourth-order valence-electron chi connectivity index (χ4n) is 14.3. The first-order valence-corrected chi connectivity index (χ1v) is 28.4. The summed E-state index contributed by atoms with van der Waals surface area (Å²) in [6.45, 7) is 5.16. The molecule has 13 rings (SSSR count). The Morgan fingerprint density at radius 3 is 2.65 bits per heavy atom. The number of fused-ring (bicyclic) bond motifs is 5. The van der Waals surface area contributed by atoms with Crippen LogP contribution in [0.3, 0.4) is 0 Å². The van der Waals surface area contributed by atoms with E-state index in [0.29, 0.717) is 103 Å². The molecule has 6 saturated heterocycles. The van der Waals surface area contributed by atoms with E-state index in [0.717, 1.165) is 87.6 Å². The predicted molar refractivity (Wildman–Crippen MR) is 292 cm³/mol. The number of ether oxygens (including phenoxy) is 3. The average Bonchev–Trinajstić information content (AvgIpc) is 4.26. The maximum atomic E-state index is 17.5. The van der Waals surface area contributed by atoms with Crippen LogP contribution in [-0.4, -0.2) is 142 Å². The first kappa shape index (κ1) is 51.4. The molecular formula is C60H65F3N10O6. The van der Waals surface area contributed by atoms with Crippen LogP contribution in [-0.2, 0) is 32.5 Å². The number of rotatable bonds is 10. The molecule has 0 spiro atoms. The molecule has 1 unspecified atom stereocenters. The molecule has 3 aromatic heterocycles. The van der Waals surface area contributed by atoms with E-state index in [9.17, 15) is 14.4 Å². The molecule has 6 fully saturated rings. The number of carbonyl (C=O) groups excluding carboxylic acids is 3. The highest BCUT2D eigenvalue weighted by Gasteiger charge is 2.50. The zero-order valence-electron chi connectivity index (χ0n) is 44.5. The molecule has 0 radical (unpaired) electrons. The number of terminal acetylenes is 1. The van der Waals surface area contributed by atoms with E-state index in [2.05, 4.69) is 38.1 Å². The number of halogens is 3. The van der Waals surface area contributed by atoms with Gasteiger partial charge in [-0.1, -0.05) is 30.2 Å². The van der Waals surface area contributed by atoms with Crippen LogP contribution in [0.25, 0.3) is 43.8 Å². The molecule has 7 aliphatic rings. The van der Waals surface area contributed by atoms with Gasteiger partial charge in [0.1, 0.15) is 42.2 Å². The Kier molecular flexibility index (Phi) is 13.6. The molecule has 1 N–H and O–H groups in total. The lowest BCUT2D eigenvalue weighted by Crippen LogP contribution is -2.49. The Morgan fingerprint density at radius 1 is 0.937 bits per heavy atom.